The van der Waals surface area contributed by atoms with Crippen LogP contribution < -0.4 is 10.6 Å². The van der Waals surface area contributed by atoms with Gasteiger partial charge in [-0.1, -0.05) is 45.4 Å². The lowest BCUT2D eigenvalue weighted by atomic mass is 9.82. The Balaban J connectivity index is 1.78. The summed E-state index contributed by atoms with van der Waals surface area (Å²) in [5, 5.41) is 5.83. The monoisotopic (exact) mass is 337 g/mol. The molecule has 0 aromatic carbocycles. The average molecular weight is 337 g/mol. The van der Waals surface area contributed by atoms with Gasteiger partial charge in [-0.15, -0.1) is 0 Å². The number of amides is 4. The first-order valence-electron chi connectivity index (χ1n) is 9.42. The Hall–Kier alpha value is -1.59. The molecule has 24 heavy (non-hydrogen) atoms. The molecule has 0 radical (unpaired) electrons. The van der Waals surface area contributed by atoms with E-state index in [1.807, 2.05) is 6.92 Å². The van der Waals surface area contributed by atoms with E-state index in [2.05, 4.69) is 17.6 Å². The zero-order chi connectivity index (χ0) is 17.6. The smallest absolute Gasteiger partial charge is 0.325 e. The first kappa shape index (κ1) is 18.7. The fourth-order valence-corrected chi connectivity index (χ4v) is 3.71. The lowest BCUT2D eigenvalue weighted by molar-refractivity contribution is -0.132. The molecule has 136 valence electrons. The van der Waals surface area contributed by atoms with E-state index >= 15 is 0 Å². The fraction of sp³-hybridized carbons (Fsp3) is 0.833. The summed E-state index contributed by atoms with van der Waals surface area (Å²) in [5.41, 5.74) is -0.695. The normalized spacial score (nSPS) is 21.0. The highest BCUT2D eigenvalue weighted by atomic mass is 16.2. The summed E-state index contributed by atoms with van der Waals surface area (Å²) in [4.78, 5) is 38.0. The summed E-state index contributed by atoms with van der Waals surface area (Å²) in [6, 6.07) is -0.206. The van der Waals surface area contributed by atoms with Crippen molar-refractivity contribution in [3.63, 3.8) is 0 Å². The highest BCUT2D eigenvalue weighted by Gasteiger charge is 2.50. The summed E-state index contributed by atoms with van der Waals surface area (Å²) < 4.78 is 0. The van der Waals surface area contributed by atoms with Gasteiger partial charge in [0.05, 0.1) is 0 Å². The Bertz CT molecular complexity index is 472. The van der Waals surface area contributed by atoms with Gasteiger partial charge in [-0.25, -0.2) is 4.79 Å². The van der Waals surface area contributed by atoms with Crippen LogP contribution in [0.2, 0.25) is 0 Å². The van der Waals surface area contributed by atoms with Crippen LogP contribution in [0.3, 0.4) is 0 Å². The van der Waals surface area contributed by atoms with Crippen LogP contribution in [0.1, 0.15) is 78.1 Å². The highest BCUT2D eigenvalue weighted by molar-refractivity contribution is 6.07. The second-order valence-corrected chi connectivity index (χ2v) is 7.24. The van der Waals surface area contributed by atoms with Crippen LogP contribution in [0.25, 0.3) is 0 Å². The molecule has 6 nitrogen and oxygen atoms in total. The number of nitrogens with zero attached hydrogens (tertiary/aromatic N) is 1. The number of nitrogens with one attached hydrogen (secondary N) is 2. The summed E-state index contributed by atoms with van der Waals surface area (Å²) in [6.07, 6.45) is 9.06. The second kappa shape index (κ2) is 8.49. The number of carbonyl (C=O) groups excluding carboxylic acids is 3. The van der Waals surface area contributed by atoms with Gasteiger partial charge >= 0.3 is 6.03 Å². The van der Waals surface area contributed by atoms with Crippen molar-refractivity contribution in [2.75, 3.05) is 6.54 Å². The van der Waals surface area contributed by atoms with E-state index in [-0.39, 0.29) is 36.9 Å². The second-order valence-electron chi connectivity index (χ2n) is 7.24. The molecule has 1 atom stereocenters. The minimum absolute atomic E-state index is 0.0933. The number of hydrogen-bond donors (Lipinski definition) is 2. The summed E-state index contributed by atoms with van der Waals surface area (Å²) in [5.74, 6) is -0.236. The molecule has 1 aliphatic heterocycles. The van der Waals surface area contributed by atoms with E-state index in [0.29, 0.717) is 12.8 Å². The Morgan fingerprint density at radius 3 is 2.62 bits per heavy atom. The third-order valence-electron chi connectivity index (χ3n) is 5.16. The van der Waals surface area contributed by atoms with E-state index in [0.717, 1.165) is 38.5 Å². The largest absolute Gasteiger partial charge is 0.354 e. The third-order valence-corrected chi connectivity index (χ3v) is 5.16. The lowest BCUT2D eigenvalue weighted by Gasteiger charge is -2.30. The van der Waals surface area contributed by atoms with E-state index < -0.39 is 5.54 Å². The molecule has 4 amide bonds. The SMILES string of the molecule is CCCCCC(C)NC(=O)CCN1C(=O)NC2(CCCCC2)C1=O. The van der Waals surface area contributed by atoms with Gasteiger partial charge in [0.15, 0.2) is 0 Å². The van der Waals surface area contributed by atoms with Gasteiger partial charge in [0.25, 0.3) is 5.91 Å². The number of unbranched alkanes of at least 4 members (excludes halogenated alkanes) is 2. The molecule has 0 bridgehead atoms. The Labute approximate surface area is 144 Å². The van der Waals surface area contributed by atoms with Crippen molar-refractivity contribution < 1.29 is 14.4 Å². The van der Waals surface area contributed by atoms with Crippen molar-refractivity contribution in [3.8, 4) is 0 Å². The zero-order valence-electron chi connectivity index (χ0n) is 15.0. The molecule has 2 rings (SSSR count). The maximum absolute atomic E-state index is 12.6. The molecule has 1 heterocycles. The Morgan fingerprint density at radius 2 is 1.96 bits per heavy atom. The van der Waals surface area contributed by atoms with Crippen molar-refractivity contribution in [2.45, 2.75) is 89.6 Å². The zero-order valence-corrected chi connectivity index (χ0v) is 15.0. The van der Waals surface area contributed by atoms with Crippen LogP contribution in [-0.2, 0) is 9.59 Å². The van der Waals surface area contributed by atoms with Crippen LogP contribution in [0.5, 0.6) is 0 Å². The molecule has 0 aromatic heterocycles. The van der Waals surface area contributed by atoms with Crippen LogP contribution in [0.4, 0.5) is 4.79 Å². The Kier molecular flexibility index (Phi) is 6.63. The first-order chi connectivity index (χ1) is 11.5. The summed E-state index contributed by atoms with van der Waals surface area (Å²) in [6.45, 7) is 4.32. The molecule has 1 unspecified atom stereocenters. The topological polar surface area (TPSA) is 78.5 Å². The minimum atomic E-state index is -0.695. The average Bonchev–Trinajstić information content (AvgIpc) is 2.77. The van der Waals surface area contributed by atoms with E-state index in [1.165, 1.54) is 11.3 Å². The standard InChI is InChI=1S/C18H31N3O3/c1-3-4-6-9-14(2)19-15(22)10-13-21-16(23)18(20-17(21)24)11-7-5-8-12-18/h14H,3-13H2,1-2H3,(H,19,22)(H,20,24). The first-order valence-corrected chi connectivity index (χ1v) is 9.42. The predicted molar refractivity (Wildman–Crippen MR) is 92.4 cm³/mol. The van der Waals surface area contributed by atoms with Crippen LogP contribution in [0, 0.1) is 0 Å². The Morgan fingerprint density at radius 1 is 1.25 bits per heavy atom. The number of carbonyl (C=O) groups is 3. The molecule has 0 aromatic rings. The van der Waals surface area contributed by atoms with Gasteiger partial charge in [0.1, 0.15) is 5.54 Å². The highest BCUT2D eigenvalue weighted by Crippen LogP contribution is 2.33. The van der Waals surface area contributed by atoms with Crippen LogP contribution >= 0.6 is 0 Å². The number of rotatable bonds is 8. The molecule has 6 heteroatoms. The van der Waals surface area contributed by atoms with Crippen molar-refractivity contribution >= 4 is 17.8 Å². The van der Waals surface area contributed by atoms with E-state index in [4.69, 9.17) is 0 Å². The predicted octanol–water partition coefficient (Wildman–Crippen LogP) is 2.72. The molecular weight excluding hydrogens is 306 g/mol. The van der Waals surface area contributed by atoms with Gasteiger partial charge in [0.2, 0.25) is 5.91 Å². The van der Waals surface area contributed by atoms with Crippen molar-refractivity contribution in [1.82, 2.24) is 15.5 Å². The van der Waals surface area contributed by atoms with Gasteiger partial charge in [-0.3, -0.25) is 14.5 Å². The number of hydrogen-bond acceptors (Lipinski definition) is 3. The molecule has 1 saturated heterocycles. The lowest BCUT2D eigenvalue weighted by Crippen LogP contribution is -2.48. The third kappa shape index (κ3) is 4.48. The van der Waals surface area contributed by atoms with Crippen molar-refractivity contribution in [1.29, 1.82) is 0 Å². The number of urea groups is 1. The molecular formula is C18H31N3O3. The molecule has 2 aliphatic rings. The maximum atomic E-state index is 12.6. The van der Waals surface area contributed by atoms with Gasteiger partial charge in [0, 0.05) is 19.0 Å². The quantitative estimate of drug-likeness (QED) is 0.528. The maximum Gasteiger partial charge on any atom is 0.325 e. The van der Waals surface area contributed by atoms with Gasteiger partial charge < -0.3 is 10.6 Å². The summed E-state index contributed by atoms with van der Waals surface area (Å²) >= 11 is 0. The van der Waals surface area contributed by atoms with Gasteiger partial charge in [-0.05, 0) is 26.2 Å². The fourth-order valence-electron chi connectivity index (χ4n) is 3.71. The molecule has 2 N–H and O–H groups in total. The van der Waals surface area contributed by atoms with Crippen LogP contribution in [0.15, 0.2) is 0 Å². The molecule has 1 saturated carbocycles. The van der Waals surface area contributed by atoms with E-state index in [1.54, 1.807) is 0 Å². The molecule has 2 fully saturated rings. The van der Waals surface area contributed by atoms with Crippen molar-refractivity contribution in [2.24, 2.45) is 0 Å². The summed E-state index contributed by atoms with van der Waals surface area (Å²) in [7, 11) is 0. The molecule has 1 aliphatic carbocycles. The van der Waals surface area contributed by atoms with Gasteiger partial charge in [-0.2, -0.15) is 0 Å². The van der Waals surface area contributed by atoms with Crippen LogP contribution in [-0.4, -0.2) is 40.9 Å². The van der Waals surface area contributed by atoms with Crippen molar-refractivity contribution in [3.05, 3.63) is 0 Å². The molecule has 1 spiro atoms. The number of imide groups is 1. The van der Waals surface area contributed by atoms with E-state index in [9.17, 15) is 14.4 Å². The minimum Gasteiger partial charge on any atom is -0.354 e.